The van der Waals surface area contributed by atoms with Crippen molar-refractivity contribution >= 4 is 35.2 Å². The topological polar surface area (TPSA) is 58.6 Å². The fourth-order valence-corrected chi connectivity index (χ4v) is 3.60. The first kappa shape index (κ1) is 18.1. The second-order valence-corrected chi connectivity index (χ2v) is 6.92. The fourth-order valence-electron chi connectivity index (χ4n) is 2.32. The van der Waals surface area contributed by atoms with E-state index < -0.39 is 6.04 Å². The van der Waals surface area contributed by atoms with Crippen LogP contribution < -0.4 is 5.32 Å². The van der Waals surface area contributed by atoms with Gasteiger partial charge in [0.05, 0.1) is 5.88 Å². The lowest BCUT2D eigenvalue weighted by molar-refractivity contribution is -0.125. The highest BCUT2D eigenvalue weighted by Crippen LogP contribution is 2.24. The zero-order valence-corrected chi connectivity index (χ0v) is 14.8. The van der Waals surface area contributed by atoms with E-state index in [0.29, 0.717) is 28.8 Å². The second-order valence-electron chi connectivity index (χ2n) is 5.49. The maximum atomic E-state index is 12.6. The van der Waals surface area contributed by atoms with E-state index in [9.17, 15) is 9.59 Å². The fraction of sp³-hybridized carbons (Fsp3) is 0.500. The van der Waals surface area contributed by atoms with Crippen molar-refractivity contribution in [2.45, 2.75) is 25.4 Å². The number of ether oxygens (including phenoxy) is 1. The monoisotopic (exact) mass is 356 g/mol. The molecule has 126 valence electrons. The van der Waals surface area contributed by atoms with Gasteiger partial charge in [-0.2, -0.15) is 0 Å². The quantitative estimate of drug-likeness (QED) is 0.850. The summed E-state index contributed by atoms with van der Waals surface area (Å²) < 4.78 is 5.02. The molecule has 1 aliphatic rings. The average molecular weight is 357 g/mol. The first-order chi connectivity index (χ1) is 11.0. The number of methoxy groups -OCH3 is 1. The molecule has 0 spiro atoms. The van der Waals surface area contributed by atoms with Crippen molar-refractivity contribution in [3.63, 3.8) is 0 Å². The molecule has 1 heterocycles. The van der Waals surface area contributed by atoms with Crippen molar-refractivity contribution in [1.82, 2.24) is 10.2 Å². The molecule has 0 aromatic heterocycles. The van der Waals surface area contributed by atoms with Gasteiger partial charge in [0.2, 0.25) is 5.91 Å². The lowest BCUT2D eigenvalue weighted by Crippen LogP contribution is -2.49. The number of halogens is 1. The summed E-state index contributed by atoms with van der Waals surface area (Å²) in [5, 5.41) is 3.54. The maximum Gasteiger partial charge on any atom is 0.255 e. The summed E-state index contributed by atoms with van der Waals surface area (Å²) in [6.07, 6.45) is 0.743. The Morgan fingerprint density at radius 2 is 2.13 bits per heavy atom. The first-order valence-electron chi connectivity index (χ1n) is 7.46. The summed E-state index contributed by atoms with van der Waals surface area (Å²) in [5.74, 6) is 0.881. The molecular formula is C16H21ClN2O3S. The van der Waals surface area contributed by atoms with Crippen LogP contribution in [0.5, 0.6) is 0 Å². The average Bonchev–Trinajstić information content (AvgIpc) is 3.02. The summed E-state index contributed by atoms with van der Waals surface area (Å²) in [6, 6.07) is 6.31. The van der Waals surface area contributed by atoms with E-state index in [2.05, 4.69) is 5.32 Å². The number of rotatable bonds is 6. The first-order valence-corrected chi connectivity index (χ1v) is 8.99. The minimum absolute atomic E-state index is 0.0144. The summed E-state index contributed by atoms with van der Waals surface area (Å²) >= 11 is 7.43. The molecule has 2 amide bonds. The summed E-state index contributed by atoms with van der Waals surface area (Å²) in [5.41, 5.74) is 0.544. The van der Waals surface area contributed by atoms with Crippen molar-refractivity contribution in [1.29, 1.82) is 0 Å². The van der Waals surface area contributed by atoms with Gasteiger partial charge in [-0.3, -0.25) is 9.59 Å². The van der Waals surface area contributed by atoms with E-state index in [4.69, 9.17) is 16.3 Å². The van der Waals surface area contributed by atoms with Gasteiger partial charge >= 0.3 is 0 Å². The highest BCUT2D eigenvalue weighted by atomic mass is 35.5. The Bertz CT molecular complexity index is 553. The zero-order valence-electron chi connectivity index (χ0n) is 13.3. The predicted molar refractivity (Wildman–Crippen MR) is 92.8 cm³/mol. The van der Waals surface area contributed by atoms with Gasteiger partial charge in [-0.15, -0.1) is 11.8 Å². The number of nitrogens with zero attached hydrogens (tertiary/aromatic N) is 1. The van der Waals surface area contributed by atoms with Crippen LogP contribution >= 0.6 is 23.4 Å². The Hall–Kier alpha value is -1.24. The SMILES string of the molecule is COCCC(C)NC(=O)C1CSCN1C(=O)c1ccc(Cl)cc1. The normalized spacial score (nSPS) is 18.7. The molecule has 1 aromatic rings. The summed E-state index contributed by atoms with van der Waals surface area (Å²) in [4.78, 5) is 26.7. The van der Waals surface area contributed by atoms with Gasteiger partial charge in [0.1, 0.15) is 6.04 Å². The van der Waals surface area contributed by atoms with Crippen molar-refractivity contribution in [3.05, 3.63) is 34.9 Å². The van der Waals surface area contributed by atoms with Gasteiger partial charge in [0.25, 0.3) is 5.91 Å². The molecule has 0 saturated carbocycles. The molecule has 23 heavy (non-hydrogen) atoms. The third kappa shape index (κ3) is 4.86. The molecular weight excluding hydrogens is 336 g/mol. The smallest absolute Gasteiger partial charge is 0.255 e. The summed E-state index contributed by atoms with van der Waals surface area (Å²) in [7, 11) is 1.63. The van der Waals surface area contributed by atoms with Crippen molar-refractivity contribution < 1.29 is 14.3 Å². The molecule has 1 aliphatic heterocycles. The van der Waals surface area contributed by atoms with Crippen LogP contribution in [0, 0.1) is 0 Å². The largest absolute Gasteiger partial charge is 0.385 e. The van der Waals surface area contributed by atoms with Crippen LogP contribution in [-0.2, 0) is 9.53 Å². The lowest BCUT2D eigenvalue weighted by Gasteiger charge is -2.25. The molecule has 2 rings (SSSR count). The number of benzene rings is 1. The van der Waals surface area contributed by atoms with Crippen LogP contribution in [-0.4, -0.2) is 54.1 Å². The van der Waals surface area contributed by atoms with Crippen LogP contribution in [0.15, 0.2) is 24.3 Å². The minimum Gasteiger partial charge on any atom is -0.385 e. The van der Waals surface area contributed by atoms with E-state index in [1.807, 2.05) is 6.92 Å². The van der Waals surface area contributed by atoms with Gasteiger partial charge in [-0.1, -0.05) is 11.6 Å². The Kier molecular flexibility index (Phi) is 6.74. The number of hydrogen-bond donors (Lipinski definition) is 1. The maximum absolute atomic E-state index is 12.6. The molecule has 0 aliphatic carbocycles. The van der Waals surface area contributed by atoms with Gasteiger partial charge < -0.3 is 15.0 Å². The highest BCUT2D eigenvalue weighted by Gasteiger charge is 2.35. The number of carbonyl (C=O) groups is 2. The van der Waals surface area contributed by atoms with Crippen molar-refractivity contribution in [3.8, 4) is 0 Å². The van der Waals surface area contributed by atoms with E-state index in [1.165, 1.54) is 0 Å². The van der Waals surface area contributed by atoms with Crippen LogP contribution in [0.2, 0.25) is 5.02 Å². The van der Waals surface area contributed by atoms with Crippen molar-refractivity contribution in [2.24, 2.45) is 0 Å². The molecule has 7 heteroatoms. The van der Waals surface area contributed by atoms with Gasteiger partial charge in [0.15, 0.2) is 0 Å². The number of carbonyl (C=O) groups excluding carboxylic acids is 2. The molecule has 1 N–H and O–H groups in total. The highest BCUT2D eigenvalue weighted by molar-refractivity contribution is 7.99. The molecule has 0 radical (unpaired) electrons. The standard InChI is InChI=1S/C16H21ClN2O3S/c1-11(7-8-22-2)18-15(20)14-9-23-10-19(14)16(21)12-3-5-13(17)6-4-12/h3-6,11,14H,7-10H2,1-2H3,(H,18,20). The number of nitrogens with one attached hydrogen (secondary N) is 1. The van der Waals surface area contributed by atoms with Gasteiger partial charge in [-0.05, 0) is 37.6 Å². The van der Waals surface area contributed by atoms with E-state index in [-0.39, 0.29) is 17.9 Å². The molecule has 0 bridgehead atoms. The Morgan fingerprint density at radius 3 is 2.78 bits per heavy atom. The molecule has 1 saturated heterocycles. The minimum atomic E-state index is -0.437. The third-order valence-electron chi connectivity index (χ3n) is 3.68. The van der Waals surface area contributed by atoms with Crippen LogP contribution in [0.25, 0.3) is 0 Å². The summed E-state index contributed by atoms with van der Waals surface area (Å²) in [6.45, 7) is 2.53. The predicted octanol–water partition coefficient (Wildman–Crippen LogP) is 2.40. The Balaban J connectivity index is 2.00. The van der Waals surface area contributed by atoms with Crippen LogP contribution in [0.1, 0.15) is 23.7 Å². The van der Waals surface area contributed by atoms with Crippen molar-refractivity contribution in [2.75, 3.05) is 25.3 Å². The number of hydrogen-bond acceptors (Lipinski definition) is 4. The van der Waals surface area contributed by atoms with Crippen LogP contribution in [0.4, 0.5) is 0 Å². The Labute approximate surface area is 145 Å². The third-order valence-corrected chi connectivity index (χ3v) is 4.94. The molecule has 2 atom stereocenters. The van der Waals surface area contributed by atoms with Crippen LogP contribution in [0.3, 0.4) is 0 Å². The zero-order chi connectivity index (χ0) is 16.8. The number of amides is 2. The lowest BCUT2D eigenvalue weighted by atomic mass is 10.1. The van der Waals surface area contributed by atoms with Gasteiger partial charge in [-0.25, -0.2) is 0 Å². The Morgan fingerprint density at radius 1 is 1.43 bits per heavy atom. The van der Waals surface area contributed by atoms with Gasteiger partial charge in [0, 0.05) is 36.1 Å². The van der Waals surface area contributed by atoms with E-state index in [0.717, 1.165) is 6.42 Å². The number of thioether (sulfide) groups is 1. The molecule has 1 fully saturated rings. The van der Waals surface area contributed by atoms with E-state index in [1.54, 1.807) is 48.0 Å². The second kappa shape index (κ2) is 8.57. The molecule has 2 unspecified atom stereocenters. The molecule has 1 aromatic carbocycles. The molecule has 5 nitrogen and oxygen atoms in total. The van der Waals surface area contributed by atoms with E-state index >= 15 is 0 Å².